The summed E-state index contributed by atoms with van der Waals surface area (Å²) in [6.45, 7) is 4.88. The predicted octanol–water partition coefficient (Wildman–Crippen LogP) is 18.3. The van der Waals surface area contributed by atoms with Crippen LogP contribution in [-0.2, 0) is 33.3 Å². The molecule has 0 spiro atoms. The van der Waals surface area contributed by atoms with Gasteiger partial charge in [0.15, 0.2) is 6.10 Å². The van der Waals surface area contributed by atoms with Crippen LogP contribution in [0.1, 0.15) is 303 Å². The fourth-order valence-electron chi connectivity index (χ4n) is 9.16. The van der Waals surface area contributed by atoms with Crippen LogP contribution in [0.15, 0.2) is 24.3 Å². The Morgan fingerprint density at radius 3 is 1.12 bits per heavy atom. The van der Waals surface area contributed by atoms with Crippen molar-refractivity contribution in [2.24, 2.45) is 0 Å². The van der Waals surface area contributed by atoms with Crippen LogP contribution in [0, 0.1) is 0 Å². The Morgan fingerprint density at radius 2 is 0.750 bits per heavy atom. The molecule has 0 aromatic rings. The Morgan fingerprint density at radius 1 is 0.417 bits per heavy atom. The van der Waals surface area contributed by atoms with Crippen molar-refractivity contribution in [2.75, 3.05) is 47.5 Å². The molecule has 0 aliphatic carbocycles. The number of aliphatic carboxylic acids is 1. The first-order chi connectivity index (χ1) is 35.1. The minimum atomic E-state index is -1.51. The highest BCUT2D eigenvalue weighted by Gasteiger charge is 2.25. The summed E-state index contributed by atoms with van der Waals surface area (Å²) >= 11 is 0. The second kappa shape index (κ2) is 55.0. The number of rotatable bonds is 58. The van der Waals surface area contributed by atoms with Crippen LogP contribution in [0.4, 0.5) is 0 Å². The van der Waals surface area contributed by atoms with E-state index < -0.39 is 24.3 Å². The molecule has 0 aliphatic rings. The van der Waals surface area contributed by atoms with E-state index in [-0.39, 0.29) is 32.2 Å². The molecule has 424 valence electrons. The number of esters is 2. The standard InChI is InChI=1S/C63H119NO8/c1-6-8-10-12-14-16-18-20-22-23-24-25-26-27-28-29-30-31-32-33-34-35-36-37-38-40-41-43-45-47-49-51-53-60(65)70-57-59(58-71-63(62(67)68)69-56-55-64(3,4)5)72-61(66)54-52-50-48-46-44-42-39-21-19-17-15-13-11-9-7-2/h15,17,21,39,59,63H,6-14,16,18-20,22-38,40-58H2,1-5H3/p+1/b17-15-,39-21-. The van der Waals surface area contributed by atoms with E-state index in [9.17, 15) is 19.5 Å². The van der Waals surface area contributed by atoms with Crippen LogP contribution < -0.4 is 0 Å². The van der Waals surface area contributed by atoms with E-state index in [0.29, 0.717) is 23.9 Å². The van der Waals surface area contributed by atoms with Gasteiger partial charge < -0.3 is 28.5 Å². The van der Waals surface area contributed by atoms with Gasteiger partial charge in [0, 0.05) is 12.8 Å². The number of carboxylic acids is 1. The summed E-state index contributed by atoms with van der Waals surface area (Å²) in [4.78, 5) is 37.4. The maximum absolute atomic E-state index is 12.8. The SMILES string of the molecule is CCCCC/C=C\C/C=C\CCCCCCCC(=O)OC(COC(=O)CCCCCCCCCCCCCCCCCCCCCCCCCCCCCCCCCC)COC(OCC[N+](C)(C)C)C(=O)O. The van der Waals surface area contributed by atoms with E-state index >= 15 is 0 Å². The maximum atomic E-state index is 12.8. The minimum Gasteiger partial charge on any atom is -0.477 e. The topological polar surface area (TPSA) is 108 Å². The smallest absolute Gasteiger partial charge is 0.361 e. The summed E-state index contributed by atoms with van der Waals surface area (Å²) in [7, 11) is 5.97. The summed E-state index contributed by atoms with van der Waals surface area (Å²) in [5.74, 6) is -2.01. The van der Waals surface area contributed by atoms with E-state index in [1.165, 1.54) is 212 Å². The molecule has 9 heteroatoms. The number of carbonyl (C=O) groups is 3. The minimum absolute atomic E-state index is 0.183. The normalized spacial score (nSPS) is 12.8. The Kier molecular flexibility index (Phi) is 53.3. The van der Waals surface area contributed by atoms with Gasteiger partial charge >= 0.3 is 17.9 Å². The van der Waals surface area contributed by atoms with Crippen molar-refractivity contribution in [3.05, 3.63) is 24.3 Å². The number of hydrogen-bond acceptors (Lipinski definition) is 7. The molecular weight excluding hydrogens is 899 g/mol. The van der Waals surface area contributed by atoms with Crippen LogP contribution in [-0.4, -0.2) is 87.4 Å². The summed E-state index contributed by atoms with van der Waals surface area (Å²) in [6.07, 6.45) is 62.9. The van der Waals surface area contributed by atoms with Crippen molar-refractivity contribution >= 4 is 17.9 Å². The molecule has 0 bridgehead atoms. The third-order valence-electron chi connectivity index (χ3n) is 14.0. The lowest BCUT2D eigenvalue weighted by atomic mass is 10.0. The molecule has 1 N–H and O–H groups in total. The number of nitrogens with zero attached hydrogens (tertiary/aromatic N) is 1. The molecule has 0 rings (SSSR count). The van der Waals surface area contributed by atoms with Gasteiger partial charge in [-0.2, -0.15) is 0 Å². The highest BCUT2D eigenvalue weighted by atomic mass is 16.7. The zero-order valence-corrected chi connectivity index (χ0v) is 48.4. The van der Waals surface area contributed by atoms with Gasteiger partial charge in [-0.05, 0) is 44.9 Å². The summed E-state index contributed by atoms with van der Waals surface area (Å²) in [5, 5.41) is 9.69. The van der Waals surface area contributed by atoms with Crippen LogP contribution >= 0.6 is 0 Å². The first-order valence-corrected chi connectivity index (χ1v) is 31.0. The number of quaternary nitrogens is 1. The molecule has 0 aromatic heterocycles. The number of hydrogen-bond donors (Lipinski definition) is 1. The second-order valence-corrected chi connectivity index (χ2v) is 22.4. The molecule has 0 fully saturated rings. The third kappa shape index (κ3) is 55.5. The first-order valence-electron chi connectivity index (χ1n) is 31.0. The quantitative estimate of drug-likeness (QED) is 0.0211. The van der Waals surface area contributed by atoms with Gasteiger partial charge in [0.2, 0.25) is 0 Å². The first kappa shape index (κ1) is 69.8. The highest BCUT2D eigenvalue weighted by Crippen LogP contribution is 2.18. The third-order valence-corrected chi connectivity index (χ3v) is 14.0. The number of ether oxygens (including phenoxy) is 4. The van der Waals surface area contributed by atoms with E-state index in [1.54, 1.807) is 0 Å². The second-order valence-electron chi connectivity index (χ2n) is 22.4. The average Bonchev–Trinajstić information content (AvgIpc) is 3.35. The predicted molar refractivity (Wildman–Crippen MR) is 304 cm³/mol. The Hall–Kier alpha value is -2.23. The molecule has 0 amide bonds. The van der Waals surface area contributed by atoms with E-state index in [2.05, 4.69) is 38.2 Å². The molecule has 2 unspecified atom stereocenters. The molecule has 2 atom stereocenters. The van der Waals surface area contributed by atoms with Gasteiger partial charge in [-0.15, -0.1) is 0 Å². The fourth-order valence-corrected chi connectivity index (χ4v) is 9.16. The zero-order chi connectivity index (χ0) is 52.7. The van der Waals surface area contributed by atoms with Gasteiger partial charge in [0.1, 0.15) is 13.2 Å². The molecule has 0 saturated carbocycles. The number of carboxylic acid groups (broad SMARTS) is 1. The number of likely N-dealkylation sites (N-methyl/N-ethyl adjacent to an activating group) is 1. The lowest BCUT2D eigenvalue weighted by Gasteiger charge is -2.25. The fraction of sp³-hybridized carbons (Fsp3) is 0.889. The van der Waals surface area contributed by atoms with Gasteiger partial charge in [-0.25, -0.2) is 4.79 Å². The maximum Gasteiger partial charge on any atom is 0.361 e. The van der Waals surface area contributed by atoms with E-state index in [4.69, 9.17) is 18.9 Å². The van der Waals surface area contributed by atoms with Crippen LogP contribution in [0.25, 0.3) is 0 Å². The van der Waals surface area contributed by atoms with Crippen molar-refractivity contribution in [3.8, 4) is 0 Å². The highest BCUT2D eigenvalue weighted by molar-refractivity contribution is 5.71. The Bertz CT molecular complexity index is 1230. The van der Waals surface area contributed by atoms with Crippen LogP contribution in [0.3, 0.4) is 0 Å². The summed E-state index contributed by atoms with van der Waals surface area (Å²) < 4.78 is 22.9. The molecule has 72 heavy (non-hydrogen) atoms. The molecule has 0 heterocycles. The zero-order valence-electron chi connectivity index (χ0n) is 48.4. The van der Waals surface area contributed by atoms with Crippen LogP contribution in [0.2, 0.25) is 0 Å². The summed E-state index contributed by atoms with van der Waals surface area (Å²) in [6, 6.07) is 0. The Balaban J connectivity index is 4.03. The monoisotopic (exact) mass is 1020 g/mol. The molecule has 9 nitrogen and oxygen atoms in total. The van der Waals surface area contributed by atoms with E-state index in [1.807, 2.05) is 21.1 Å². The van der Waals surface area contributed by atoms with Crippen molar-refractivity contribution in [3.63, 3.8) is 0 Å². The van der Waals surface area contributed by atoms with Crippen molar-refractivity contribution < 1.29 is 42.9 Å². The van der Waals surface area contributed by atoms with Gasteiger partial charge in [0.05, 0.1) is 34.4 Å². The lowest BCUT2D eigenvalue weighted by molar-refractivity contribution is -0.870. The average molecular weight is 1020 g/mol. The largest absolute Gasteiger partial charge is 0.477 e. The van der Waals surface area contributed by atoms with Gasteiger partial charge in [0.25, 0.3) is 6.29 Å². The lowest BCUT2D eigenvalue weighted by Crippen LogP contribution is -2.40. The van der Waals surface area contributed by atoms with Crippen molar-refractivity contribution in [2.45, 2.75) is 315 Å². The number of unbranched alkanes of at least 4 members (excludes halogenated alkanes) is 39. The van der Waals surface area contributed by atoms with Gasteiger partial charge in [-0.1, -0.05) is 269 Å². The van der Waals surface area contributed by atoms with Crippen LogP contribution in [0.5, 0.6) is 0 Å². The molecule has 0 radical (unpaired) electrons. The molecule has 0 aliphatic heterocycles. The molecule has 0 aromatic carbocycles. The van der Waals surface area contributed by atoms with Crippen molar-refractivity contribution in [1.82, 2.24) is 0 Å². The van der Waals surface area contributed by atoms with E-state index in [0.717, 1.165) is 57.8 Å². The number of carbonyl (C=O) groups excluding carboxylic acids is 2. The molecule has 0 saturated heterocycles. The Labute approximate surface area is 446 Å². The summed E-state index contributed by atoms with van der Waals surface area (Å²) in [5.41, 5.74) is 0. The van der Waals surface area contributed by atoms with Crippen molar-refractivity contribution in [1.29, 1.82) is 0 Å². The number of allylic oxidation sites excluding steroid dienone is 4. The van der Waals surface area contributed by atoms with Gasteiger partial charge in [-0.3, -0.25) is 9.59 Å². The molecular formula is C63H120NO8+.